The normalized spacial score (nSPS) is 10.6. The van der Waals surface area contributed by atoms with Gasteiger partial charge in [-0.3, -0.25) is 14.4 Å². The van der Waals surface area contributed by atoms with Crippen LogP contribution in [0.25, 0.3) is 0 Å². The predicted octanol–water partition coefficient (Wildman–Crippen LogP) is -0.00390. The summed E-state index contributed by atoms with van der Waals surface area (Å²) in [5.41, 5.74) is 0. The molecule has 0 saturated carbocycles. The van der Waals surface area contributed by atoms with Gasteiger partial charge < -0.3 is 15.2 Å². The summed E-state index contributed by atoms with van der Waals surface area (Å²) in [4.78, 5) is 33.2. The first-order chi connectivity index (χ1) is 9.06. The van der Waals surface area contributed by atoms with Gasteiger partial charge >= 0.3 is 0 Å². The standard InChI is InChI=1S/C13H21NO5/c1-11(16)5-6-12(17)3-2-4-13(18)14-7-9-19-10-8-15/h5-6,15H,2-4,7-10H2,1H3,(H,14,18)/b6-5-. The summed E-state index contributed by atoms with van der Waals surface area (Å²) >= 11 is 0. The van der Waals surface area contributed by atoms with Gasteiger partial charge in [0.2, 0.25) is 5.91 Å². The zero-order valence-electron chi connectivity index (χ0n) is 11.2. The van der Waals surface area contributed by atoms with Gasteiger partial charge in [-0.1, -0.05) is 0 Å². The predicted molar refractivity (Wildman–Crippen MR) is 69.6 cm³/mol. The number of carbonyl (C=O) groups excluding carboxylic acids is 3. The van der Waals surface area contributed by atoms with Crippen molar-refractivity contribution < 1.29 is 24.2 Å². The number of rotatable bonds is 11. The number of nitrogens with one attached hydrogen (secondary N) is 1. The summed E-state index contributed by atoms with van der Waals surface area (Å²) in [7, 11) is 0. The number of ether oxygens (including phenoxy) is 1. The molecular weight excluding hydrogens is 250 g/mol. The lowest BCUT2D eigenvalue weighted by Crippen LogP contribution is -2.27. The molecular formula is C13H21NO5. The van der Waals surface area contributed by atoms with Crippen LogP contribution in [-0.2, 0) is 19.1 Å². The summed E-state index contributed by atoms with van der Waals surface area (Å²) in [6, 6.07) is 0. The van der Waals surface area contributed by atoms with Crippen molar-refractivity contribution in [2.24, 2.45) is 0 Å². The van der Waals surface area contributed by atoms with Crippen molar-refractivity contribution in [1.82, 2.24) is 5.32 Å². The van der Waals surface area contributed by atoms with Gasteiger partial charge in [0.1, 0.15) is 0 Å². The van der Waals surface area contributed by atoms with E-state index in [0.717, 1.165) is 0 Å². The number of hydrogen-bond donors (Lipinski definition) is 2. The maximum atomic E-state index is 11.3. The van der Waals surface area contributed by atoms with E-state index < -0.39 is 0 Å². The summed E-state index contributed by atoms with van der Waals surface area (Å²) < 4.78 is 4.97. The quantitative estimate of drug-likeness (QED) is 0.407. The molecule has 0 atom stereocenters. The van der Waals surface area contributed by atoms with E-state index in [2.05, 4.69) is 5.32 Å². The average Bonchev–Trinajstić information content (AvgIpc) is 2.36. The summed E-state index contributed by atoms with van der Waals surface area (Å²) in [6.45, 7) is 2.33. The van der Waals surface area contributed by atoms with Gasteiger partial charge in [-0.15, -0.1) is 0 Å². The van der Waals surface area contributed by atoms with Crippen LogP contribution < -0.4 is 5.32 Å². The second-order valence-electron chi connectivity index (χ2n) is 3.95. The molecule has 108 valence electrons. The molecule has 1 amide bonds. The molecule has 0 fully saturated rings. The van der Waals surface area contributed by atoms with E-state index >= 15 is 0 Å². The van der Waals surface area contributed by atoms with Crippen molar-refractivity contribution in [2.75, 3.05) is 26.4 Å². The molecule has 19 heavy (non-hydrogen) atoms. The van der Waals surface area contributed by atoms with E-state index in [0.29, 0.717) is 19.6 Å². The molecule has 0 bridgehead atoms. The highest BCUT2D eigenvalue weighted by molar-refractivity contribution is 5.97. The third-order valence-electron chi connectivity index (χ3n) is 2.14. The Labute approximate surface area is 112 Å². The Morgan fingerprint density at radius 2 is 1.89 bits per heavy atom. The van der Waals surface area contributed by atoms with E-state index in [9.17, 15) is 14.4 Å². The molecule has 2 N–H and O–H groups in total. The number of ketones is 2. The van der Waals surface area contributed by atoms with Gasteiger partial charge in [0, 0.05) is 19.4 Å². The van der Waals surface area contributed by atoms with Crippen molar-refractivity contribution in [1.29, 1.82) is 0 Å². The molecule has 0 heterocycles. The first-order valence-electron chi connectivity index (χ1n) is 6.23. The molecule has 0 aromatic carbocycles. The number of amides is 1. The Morgan fingerprint density at radius 3 is 2.53 bits per heavy atom. The Morgan fingerprint density at radius 1 is 1.16 bits per heavy atom. The minimum Gasteiger partial charge on any atom is -0.394 e. The zero-order chi connectivity index (χ0) is 14.5. The summed E-state index contributed by atoms with van der Waals surface area (Å²) in [6.07, 6.45) is 3.42. The van der Waals surface area contributed by atoms with Gasteiger partial charge in [0.15, 0.2) is 11.6 Å². The van der Waals surface area contributed by atoms with Crippen LogP contribution >= 0.6 is 0 Å². The molecule has 6 heteroatoms. The van der Waals surface area contributed by atoms with Gasteiger partial charge in [0.05, 0.1) is 19.8 Å². The van der Waals surface area contributed by atoms with Gasteiger partial charge in [-0.05, 0) is 25.5 Å². The Bertz CT molecular complexity index is 325. The number of allylic oxidation sites excluding steroid dienone is 2. The highest BCUT2D eigenvalue weighted by atomic mass is 16.5. The van der Waals surface area contributed by atoms with E-state index in [1.54, 1.807) is 0 Å². The minimum absolute atomic E-state index is 0.0379. The molecule has 6 nitrogen and oxygen atoms in total. The fourth-order valence-electron chi connectivity index (χ4n) is 1.23. The van der Waals surface area contributed by atoms with E-state index in [4.69, 9.17) is 9.84 Å². The Balaban J connectivity index is 3.52. The molecule has 0 aromatic heterocycles. The maximum absolute atomic E-state index is 11.3. The molecule has 0 aliphatic heterocycles. The summed E-state index contributed by atoms with van der Waals surface area (Å²) in [5.74, 6) is -0.473. The van der Waals surface area contributed by atoms with Crippen LogP contribution in [0.1, 0.15) is 26.2 Å². The first kappa shape index (κ1) is 17.5. The van der Waals surface area contributed by atoms with Crippen LogP contribution in [0.5, 0.6) is 0 Å². The Hall–Kier alpha value is -1.53. The van der Waals surface area contributed by atoms with Crippen LogP contribution in [0.2, 0.25) is 0 Å². The summed E-state index contributed by atoms with van der Waals surface area (Å²) in [5, 5.41) is 11.1. The second kappa shape index (κ2) is 11.6. The van der Waals surface area contributed by atoms with Crippen molar-refractivity contribution in [2.45, 2.75) is 26.2 Å². The molecule has 0 aliphatic carbocycles. The Kier molecular flexibility index (Phi) is 10.6. The van der Waals surface area contributed by atoms with Crippen molar-refractivity contribution in [3.8, 4) is 0 Å². The second-order valence-corrected chi connectivity index (χ2v) is 3.95. The topological polar surface area (TPSA) is 92.7 Å². The number of aliphatic hydroxyl groups is 1. The molecule has 0 unspecified atom stereocenters. The molecule has 0 rings (SSSR count). The SMILES string of the molecule is CC(=O)/C=C\C(=O)CCCC(=O)NCCOCCO. The van der Waals surface area contributed by atoms with Crippen LogP contribution in [0.15, 0.2) is 12.2 Å². The van der Waals surface area contributed by atoms with Crippen molar-refractivity contribution in [3.63, 3.8) is 0 Å². The highest BCUT2D eigenvalue weighted by Crippen LogP contribution is 1.97. The average molecular weight is 271 g/mol. The van der Waals surface area contributed by atoms with Crippen LogP contribution in [0.4, 0.5) is 0 Å². The minimum atomic E-state index is -0.172. The van der Waals surface area contributed by atoms with Crippen LogP contribution in [0, 0.1) is 0 Å². The third-order valence-corrected chi connectivity index (χ3v) is 2.14. The van der Waals surface area contributed by atoms with E-state index in [1.165, 1.54) is 19.1 Å². The van der Waals surface area contributed by atoms with Gasteiger partial charge in [-0.25, -0.2) is 0 Å². The van der Waals surface area contributed by atoms with Crippen molar-refractivity contribution >= 4 is 17.5 Å². The fourth-order valence-corrected chi connectivity index (χ4v) is 1.23. The van der Waals surface area contributed by atoms with Crippen LogP contribution in [0.3, 0.4) is 0 Å². The fraction of sp³-hybridized carbons (Fsp3) is 0.615. The highest BCUT2D eigenvalue weighted by Gasteiger charge is 2.03. The van der Waals surface area contributed by atoms with Gasteiger partial charge in [0.25, 0.3) is 0 Å². The third kappa shape index (κ3) is 12.7. The van der Waals surface area contributed by atoms with E-state index in [1.807, 2.05) is 0 Å². The molecule has 0 saturated heterocycles. The number of carbonyl (C=O) groups is 3. The van der Waals surface area contributed by atoms with Crippen LogP contribution in [-0.4, -0.2) is 48.9 Å². The van der Waals surface area contributed by atoms with E-state index in [-0.39, 0.29) is 43.5 Å². The zero-order valence-corrected chi connectivity index (χ0v) is 11.2. The largest absolute Gasteiger partial charge is 0.394 e. The molecule has 0 aliphatic rings. The lowest BCUT2D eigenvalue weighted by molar-refractivity contribution is -0.121. The van der Waals surface area contributed by atoms with Gasteiger partial charge in [-0.2, -0.15) is 0 Å². The monoisotopic (exact) mass is 271 g/mol. The smallest absolute Gasteiger partial charge is 0.220 e. The first-order valence-corrected chi connectivity index (χ1v) is 6.23. The molecule has 0 radical (unpaired) electrons. The molecule has 0 spiro atoms. The lowest BCUT2D eigenvalue weighted by atomic mass is 10.1. The molecule has 0 aromatic rings. The van der Waals surface area contributed by atoms with Crippen molar-refractivity contribution in [3.05, 3.63) is 12.2 Å². The maximum Gasteiger partial charge on any atom is 0.220 e. The number of aliphatic hydroxyl groups excluding tert-OH is 1. The number of hydrogen-bond acceptors (Lipinski definition) is 5. The lowest BCUT2D eigenvalue weighted by Gasteiger charge is -2.05.